The van der Waals surface area contributed by atoms with E-state index in [0.717, 1.165) is 79.3 Å². The fraction of sp³-hybridized carbons (Fsp3) is 0.484. The molecule has 2 amide bonds. The number of fused-ring (bicyclic) bond motifs is 1. The molecule has 0 unspecified atom stereocenters. The molecule has 1 aromatic heterocycles. The van der Waals surface area contributed by atoms with Crippen LogP contribution >= 0.6 is 0 Å². The maximum Gasteiger partial charge on any atom is 0.227 e. The molecule has 0 saturated heterocycles. The van der Waals surface area contributed by atoms with Gasteiger partial charge in [0, 0.05) is 49.6 Å². The molecule has 0 bridgehead atoms. The number of para-hydroxylation sites is 1. The molecule has 2 fully saturated rings. The van der Waals surface area contributed by atoms with Crippen molar-refractivity contribution in [3.05, 3.63) is 54.1 Å². The minimum Gasteiger partial charge on any atom is -0.362 e. The zero-order valence-electron chi connectivity index (χ0n) is 23.1. The van der Waals surface area contributed by atoms with Crippen LogP contribution in [-0.4, -0.2) is 41.9 Å². The molecule has 0 radical (unpaired) electrons. The van der Waals surface area contributed by atoms with Gasteiger partial charge in [-0.25, -0.2) is 4.98 Å². The van der Waals surface area contributed by atoms with Gasteiger partial charge in [-0.1, -0.05) is 43.5 Å². The van der Waals surface area contributed by atoms with E-state index in [1.807, 2.05) is 67.5 Å². The summed E-state index contributed by atoms with van der Waals surface area (Å²) in [7, 11) is 3.98. The Hall–Kier alpha value is -3.68. The standard InChI is InChI=1S/C31H40N6O2/c1-37(2)28-26-13-6-7-14-27(26)35-31(36-28)34-24-17-15-23(16-18-24)29(38)32-20-21-9-8-12-25(19-21)33-30(39)22-10-4-3-5-11-22/h6-9,12-14,19,22-24H,3-5,10-11,15-18,20H2,1-2H3,(H,32,38)(H,33,39)(H,34,35,36)/t23-,24+. The van der Waals surface area contributed by atoms with Gasteiger partial charge in [-0.05, 0) is 68.4 Å². The van der Waals surface area contributed by atoms with Crippen molar-refractivity contribution in [1.82, 2.24) is 15.3 Å². The third-order valence-electron chi connectivity index (χ3n) is 8.08. The molecule has 0 spiro atoms. The Morgan fingerprint density at radius 2 is 1.59 bits per heavy atom. The molecule has 8 nitrogen and oxygen atoms in total. The fourth-order valence-electron chi connectivity index (χ4n) is 5.85. The monoisotopic (exact) mass is 528 g/mol. The van der Waals surface area contributed by atoms with Crippen molar-refractivity contribution in [2.75, 3.05) is 29.6 Å². The molecule has 39 heavy (non-hydrogen) atoms. The molecule has 1 heterocycles. The van der Waals surface area contributed by atoms with Crippen molar-refractivity contribution >= 4 is 40.2 Å². The summed E-state index contributed by atoms with van der Waals surface area (Å²) in [4.78, 5) is 37.0. The SMILES string of the molecule is CN(C)c1nc(N[C@H]2CC[C@@H](C(=O)NCc3cccc(NC(=O)C4CCCCC4)c3)CC2)nc2ccccc12. The van der Waals surface area contributed by atoms with Crippen LogP contribution < -0.4 is 20.9 Å². The zero-order valence-corrected chi connectivity index (χ0v) is 23.1. The number of rotatable bonds is 8. The van der Waals surface area contributed by atoms with Crippen LogP contribution in [-0.2, 0) is 16.1 Å². The summed E-state index contributed by atoms with van der Waals surface area (Å²) in [5, 5.41) is 10.7. The molecule has 5 rings (SSSR count). The number of carbonyl (C=O) groups is 2. The summed E-state index contributed by atoms with van der Waals surface area (Å²) in [6, 6.07) is 16.1. The van der Waals surface area contributed by atoms with Crippen molar-refractivity contribution in [3.8, 4) is 0 Å². The zero-order chi connectivity index (χ0) is 27.2. The molecule has 2 aliphatic rings. The number of carbonyl (C=O) groups excluding carboxylic acids is 2. The summed E-state index contributed by atoms with van der Waals surface area (Å²) in [6.07, 6.45) is 8.91. The van der Waals surface area contributed by atoms with Gasteiger partial charge in [0.2, 0.25) is 17.8 Å². The van der Waals surface area contributed by atoms with Crippen molar-refractivity contribution in [3.63, 3.8) is 0 Å². The number of hydrogen-bond donors (Lipinski definition) is 3. The average Bonchev–Trinajstić information content (AvgIpc) is 2.96. The van der Waals surface area contributed by atoms with E-state index in [4.69, 9.17) is 9.97 Å². The summed E-state index contributed by atoms with van der Waals surface area (Å²) >= 11 is 0. The smallest absolute Gasteiger partial charge is 0.227 e. The van der Waals surface area contributed by atoms with E-state index < -0.39 is 0 Å². The Morgan fingerprint density at radius 1 is 0.846 bits per heavy atom. The first-order valence-corrected chi connectivity index (χ1v) is 14.3. The number of hydrogen-bond acceptors (Lipinski definition) is 6. The molecule has 8 heteroatoms. The summed E-state index contributed by atoms with van der Waals surface area (Å²) in [5.74, 6) is 1.88. The number of amides is 2. The van der Waals surface area contributed by atoms with Gasteiger partial charge in [0.25, 0.3) is 0 Å². The van der Waals surface area contributed by atoms with E-state index in [9.17, 15) is 9.59 Å². The highest BCUT2D eigenvalue weighted by Gasteiger charge is 2.27. The highest BCUT2D eigenvalue weighted by atomic mass is 16.2. The summed E-state index contributed by atoms with van der Waals surface area (Å²) < 4.78 is 0. The molecule has 2 aromatic carbocycles. The van der Waals surface area contributed by atoms with E-state index in [1.165, 1.54) is 6.42 Å². The van der Waals surface area contributed by atoms with Gasteiger partial charge in [0.1, 0.15) is 5.82 Å². The number of nitrogens with one attached hydrogen (secondary N) is 3. The normalized spacial score (nSPS) is 19.8. The lowest BCUT2D eigenvalue weighted by Crippen LogP contribution is -2.36. The Morgan fingerprint density at radius 3 is 2.36 bits per heavy atom. The first-order chi connectivity index (χ1) is 19.0. The van der Waals surface area contributed by atoms with Crippen LogP contribution in [0.25, 0.3) is 10.9 Å². The highest BCUT2D eigenvalue weighted by molar-refractivity contribution is 5.92. The van der Waals surface area contributed by atoms with Crippen LogP contribution in [0.3, 0.4) is 0 Å². The van der Waals surface area contributed by atoms with Gasteiger partial charge in [0.05, 0.1) is 5.52 Å². The molecule has 0 aliphatic heterocycles. The molecule has 0 atom stereocenters. The second-order valence-corrected chi connectivity index (χ2v) is 11.2. The predicted molar refractivity (Wildman–Crippen MR) is 157 cm³/mol. The topological polar surface area (TPSA) is 99.3 Å². The third-order valence-corrected chi connectivity index (χ3v) is 8.08. The van der Waals surface area contributed by atoms with E-state index in [1.54, 1.807) is 0 Å². The van der Waals surface area contributed by atoms with Gasteiger partial charge in [0.15, 0.2) is 0 Å². The van der Waals surface area contributed by atoms with Crippen LogP contribution in [0.5, 0.6) is 0 Å². The molecular weight excluding hydrogens is 488 g/mol. The van der Waals surface area contributed by atoms with E-state index in [2.05, 4.69) is 16.0 Å². The third kappa shape index (κ3) is 6.85. The largest absolute Gasteiger partial charge is 0.362 e. The van der Waals surface area contributed by atoms with Crippen LogP contribution in [0.2, 0.25) is 0 Å². The quantitative estimate of drug-likeness (QED) is 0.357. The van der Waals surface area contributed by atoms with Crippen LogP contribution in [0.1, 0.15) is 63.4 Å². The van der Waals surface area contributed by atoms with E-state index in [0.29, 0.717) is 12.5 Å². The van der Waals surface area contributed by atoms with Crippen LogP contribution in [0, 0.1) is 11.8 Å². The Bertz CT molecular complexity index is 1300. The maximum atomic E-state index is 12.9. The molecule has 206 valence electrons. The lowest BCUT2D eigenvalue weighted by Gasteiger charge is -2.28. The van der Waals surface area contributed by atoms with Gasteiger partial charge in [-0.2, -0.15) is 4.98 Å². The molecule has 3 aromatic rings. The molecule has 3 N–H and O–H groups in total. The van der Waals surface area contributed by atoms with Crippen molar-refractivity contribution in [2.45, 2.75) is 70.4 Å². The number of nitrogens with zero attached hydrogens (tertiary/aromatic N) is 3. The average molecular weight is 529 g/mol. The Balaban J connectivity index is 1.10. The predicted octanol–water partition coefficient (Wildman–Crippen LogP) is 5.50. The first-order valence-electron chi connectivity index (χ1n) is 14.3. The van der Waals surface area contributed by atoms with Crippen molar-refractivity contribution < 1.29 is 9.59 Å². The minimum atomic E-state index is 0.00657. The van der Waals surface area contributed by atoms with Crippen LogP contribution in [0.15, 0.2) is 48.5 Å². The van der Waals surface area contributed by atoms with Gasteiger partial charge < -0.3 is 20.9 Å². The van der Waals surface area contributed by atoms with Gasteiger partial charge in [-0.15, -0.1) is 0 Å². The summed E-state index contributed by atoms with van der Waals surface area (Å²) in [6.45, 7) is 0.461. The summed E-state index contributed by atoms with van der Waals surface area (Å²) in [5.41, 5.74) is 2.71. The first kappa shape index (κ1) is 26.9. The molecule has 2 aliphatic carbocycles. The van der Waals surface area contributed by atoms with E-state index in [-0.39, 0.29) is 29.7 Å². The second kappa shape index (κ2) is 12.5. The van der Waals surface area contributed by atoms with Gasteiger partial charge in [-0.3, -0.25) is 9.59 Å². The van der Waals surface area contributed by atoms with Gasteiger partial charge >= 0.3 is 0 Å². The number of anilines is 3. The highest BCUT2D eigenvalue weighted by Crippen LogP contribution is 2.29. The lowest BCUT2D eigenvalue weighted by atomic mass is 9.85. The van der Waals surface area contributed by atoms with Crippen molar-refractivity contribution in [1.29, 1.82) is 0 Å². The number of aromatic nitrogens is 2. The Kier molecular flexibility index (Phi) is 8.59. The van der Waals surface area contributed by atoms with Crippen molar-refractivity contribution in [2.24, 2.45) is 11.8 Å². The lowest BCUT2D eigenvalue weighted by molar-refractivity contribution is -0.126. The minimum absolute atomic E-state index is 0.00657. The second-order valence-electron chi connectivity index (χ2n) is 11.2. The van der Waals surface area contributed by atoms with Crippen LogP contribution in [0.4, 0.5) is 17.5 Å². The number of benzene rings is 2. The molecular formula is C31H40N6O2. The maximum absolute atomic E-state index is 12.9. The van der Waals surface area contributed by atoms with E-state index >= 15 is 0 Å². The molecule has 2 saturated carbocycles. The Labute approximate surface area is 231 Å². The fourth-order valence-corrected chi connectivity index (χ4v) is 5.85.